The van der Waals surface area contributed by atoms with E-state index in [1.807, 2.05) is 24.3 Å². The van der Waals surface area contributed by atoms with Gasteiger partial charge < -0.3 is 9.84 Å². The number of aliphatic hydroxyl groups excluding tert-OH is 1. The van der Waals surface area contributed by atoms with Crippen LogP contribution in [0.5, 0.6) is 5.75 Å². The van der Waals surface area contributed by atoms with Crippen molar-refractivity contribution in [1.29, 1.82) is 0 Å². The average molecular weight is 498 g/mol. The Kier molecular flexibility index (Phi) is 6.26. The fourth-order valence-electron chi connectivity index (χ4n) is 6.26. The van der Waals surface area contributed by atoms with Gasteiger partial charge in [0.1, 0.15) is 5.75 Å². The molecule has 2 amide bonds. The number of hydrogen-bond acceptors (Lipinski definition) is 6. The Balaban J connectivity index is 1.13. The molecule has 3 aromatic rings. The molecule has 0 saturated carbocycles. The maximum atomic E-state index is 12.6. The number of carbonyl (C=O) groups is 2. The van der Waals surface area contributed by atoms with Crippen LogP contribution < -0.4 is 4.74 Å². The van der Waals surface area contributed by atoms with Crippen molar-refractivity contribution in [3.8, 4) is 5.75 Å². The molecule has 7 heteroatoms. The lowest BCUT2D eigenvalue weighted by molar-refractivity contribution is -0.0444. The summed E-state index contributed by atoms with van der Waals surface area (Å²) in [7, 11) is 0. The SMILES string of the molecule is C=CC1CN2CCC1CC2C(O)c1ccnc2ccc(OCCCN3C(=O)c4ccccc4C3=O)cc12. The molecule has 4 aliphatic rings. The van der Waals surface area contributed by atoms with Crippen LogP contribution in [0.25, 0.3) is 10.9 Å². The number of imide groups is 1. The Morgan fingerprint density at radius 2 is 1.92 bits per heavy atom. The van der Waals surface area contributed by atoms with E-state index >= 15 is 0 Å². The van der Waals surface area contributed by atoms with Crippen LogP contribution in [0.1, 0.15) is 51.6 Å². The van der Waals surface area contributed by atoms with E-state index in [0.29, 0.717) is 48.3 Å². The molecule has 1 N–H and O–H groups in total. The number of benzene rings is 2. The van der Waals surface area contributed by atoms with Crippen LogP contribution in [0.2, 0.25) is 0 Å². The van der Waals surface area contributed by atoms with Crippen molar-refractivity contribution in [2.24, 2.45) is 11.8 Å². The number of ether oxygens (including phenoxy) is 1. The van der Waals surface area contributed by atoms with Gasteiger partial charge in [0.15, 0.2) is 0 Å². The number of carbonyl (C=O) groups excluding carboxylic acids is 2. The number of piperidine rings is 3. The highest BCUT2D eigenvalue weighted by molar-refractivity contribution is 6.21. The number of hydrogen-bond donors (Lipinski definition) is 1. The topological polar surface area (TPSA) is 83.0 Å². The number of nitrogens with zero attached hydrogens (tertiary/aromatic N) is 3. The van der Waals surface area contributed by atoms with E-state index in [1.54, 1.807) is 30.5 Å². The van der Waals surface area contributed by atoms with Crippen molar-refractivity contribution in [3.05, 3.63) is 84.1 Å². The normalized spacial score (nSPS) is 25.4. The Bertz CT molecular complexity index is 1340. The van der Waals surface area contributed by atoms with E-state index in [4.69, 9.17) is 4.74 Å². The molecule has 1 aromatic heterocycles. The summed E-state index contributed by atoms with van der Waals surface area (Å²) in [6.45, 7) is 6.64. The summed E-state index contributed by atoms with van der Waals surface area (Å²) in [5.41, 5.74) is 2.61. The lowest BCUT2D eigenvalue weighted by Gasteiger charge is -2.50. The first kappa shape index (κ1) is 23.8. The third kappa shape index (κ3) is 4.22. The molecule has 7 rings (SSSR count). The van der Waals surface area contributed by atoms with E-state index in [2.05, 4.69) is 22.5 Å². The highest BCUT2D eigenvalue weighted by Crippen LogP contribution is 2.42. The molecule has 3 saturated heterocycles. The van der Waals surface area contributed by atoms with Gasteiger partial charge in [-0.1, -0.05) is 18.2 Å². The van der Waals surface area contributed by atoms with Crippen molar-refractivity contribution in [1.82, 2.24) is 14.8 Å². The predicted molar refractivity (Wildman–Crippen MR) is 140 cm³/mol. The first-order valence-corrected chi connectivity index (χ1v) is 13.1. The summed E-state index contributed by atoms with van der Waals surface area (Å²) in [4.78, 5) is 33.3. The van der Waals surface area contributed by atoms with Gasteiger partial charge in [0, 0.05) is 30.7 Å². The van der Waals surface area contributed by atoms with Crippen LogP contribution in [-0.4, -0.2) is 64.0 Å². The molecule has 2 aromatic carbocycles. The Labute approximate surface area is 216 Å². The Morgan fingerprint density at radius 3 is 2.62 bits per heavy atom. The van der Waals surface area contributed by atoms with E-state index < -0.39 is 6.10 Å². The fraction of sp³-hybridized carbons (Fsp3) is 0.367. The van der Waals surface area contributed by atoms with Gasteiger partial charge >= 0.3 is 0 Å². The molecule has 190 valence electrons. The third-order valence-electron chi connectivity index (χ3n) is 8.26. The van der Waals surface area contributed by atoms with Gasteiger partial charge in [0.25, 0.3) is 11.8 Å². The van der Waals surface area contributed by atoms with Crippen LogP contribution in [0.3, 0.4) is 0 Å². The van der Waals surface area contributed by atoms with Crippen LogP contribution >= 0.6 is 0 Å². The smallest absolute Gasteiger partial charge is 0.261 e. The quantitative estimate of drug-likeness (QED) is 0.285. The second kappa shape index (κ2) is 9.72. The number of amides is 2. The van der Waals surface area contributed by atoms with Gasteiger partial charge in [0.05, 0.1) is 29.4 Å². The number of aliphatic hydroxyl groups is 1. The van der Waals surface area contributed by atoms with E-state index in [9.17, 15) is 14.7 Å². The molecule has 37 heavy (non-hydrogen) atoms. The van der Waals surface area contributed by atoms with Crippen molar-refractivity contribution in [2.75, 3.05) is 26.2 Å². The molecule has 5 unspecified atom stereocenters. The van der Waals surface area contributed by atoms with Crippen molar-refractivity contribution in [2.45, 2.75) is 31.4 Å². The minimum atomic E-state index is -0.608. The zero-order valence-corrected chi connectivity index (χ0v) is 20.8. The van der Waals surface area contributed by atoms with Crippen molar-refractivity contribution < 1.29 is 19.4 Å². The lowest BCUT2D eigenvalue weighted by Crippen LogP contribution is -2.54. The molecule has 2 bridgehead atoms. The maximum absolute atomic E-state index is 12.6. The van der Waals surface area contributed by atoms with E-state index in [0.717, 1.165) is 42.4 Å². The van der Waals surface area contributed by atoms with Crippen LogP contribution in [0.15, 0.2) is 67.4 Å². The number of fused-ring (bicyclic) bond motifs is 5. The molecule has 4 aliphatic heterocycles. The highest BCUT2D eigenvalue weighted by atomic mass is 16.5. The molecule has 7 nitrogen and oxygen atoms in total. The second-order valence-electron chi connectivity index (χ2n) is 10.3. The fourth-order valence-corrected chi connectivity index (χ4v) is 6.26. The van der Waals surface area contributed by atoms with Gasteiger partial charge in [-0.2, -0.15) is 0 Å². The van der Waals surface area contributed by atoms with Gasteiger partial charge in [-0.15, -0.1) is 6.58 Å². The van der Waals surface area contributed by atoms with Gasteiger partial charge in [0.2, 0.25) is 0 Å². The number of pyridine rings is 1. The first-order chi connectivity index (χ1) is 18.0. The van der Waals surface area contributed by atoms with Crippen LogP contribution in [-0.2, 0) is 0 Å². The predicted octanol–water partition coefficient (Wildman–Crippen LogP) is 4.23. The first-order valence-electron chi connectivity index (χ1n) is 13.1. The molecule has 0 spiro atoms. The van der Waals surface area contributed by atoms with Gasteiger partial charge in [-0.3, -0.25) is 24.4 Å². The molecular formula is C30H31N3O4. The standard InChI is InChI=1S/C30H31N3O4/c1-2-19-18-32-14-11-20(19)16-27(32)28(34)22-10-12-31-26-9-8-21(17-25(22)26)37-15-5-13-33-29(35)23-6-3-4-7-24(23)30(33)36/h2-4,6-10,12,17,19-20,27-28,34H,1,5,11,13-16,18H2. The Morgan fingerprint density at radius 1 is 1.14 bits per heavy atom. The summed E-state index contributed by atoms with van der Waals surface area (Å²) >= 11 is 0. The lowest BCUT2D eigenvalue weighted by atomic mass is 9.73. The highest BCUT2D eigenvalue weighted by Gasteiger charge is 2.42. The van der Waals surface area contributed by atoms with E-state index in [1.165, 1.54) is 4.90 Å². The average Bonchev–Trinajstić information content (AvgIpc) is 3.19. The molecule has 5 atom stereocenters. The molecule has 5 heterocycles. The van der Waals surface area contributed by atoms with Crippen LogP contribution in [0, 0.1) is 11.8 Å². The molecule has 0 aliphatic carbocycles. The van der Waals surface area contributed by atoms with Crippen molar-refractivity contribution in [3.63, 3.8) is 0 Å². The van der Waals surface area contributed by atoms with E-state index in [-0.39, 0.29) is 17.9 Å². The second-order valence-corrected chi connectivity index (χ2v) is 10.3. The summed E-state index contributed by atoms with van der Waals surface area (Å²) in [6, 6.07) is 14.6. The maximum Gasteiger partial charge on any atom is 0.261 e. The number of aromatic nitrogens is 1. The largest absolute Gasteiger partial charge is 0.494 e. The summed E-state index contributed by atoms with van der Waals surface area (Å²) < 4.78 is 6.00. The monoisotopic (exact) mass is 497 g/mol. The zero-order chi connectivity index (χ0) is 25.5. The van der Waals surface area contributed by atoms with Crippen molar-refractivity contribution >= 4 is 22.7 Å². The van der Waals surface area contributed by atoms with Crippen LogP contribution in [0.4, 0.5) is 0 Å². The van der Waals surface area contributed by atoms with Gasteiger partial charge in [-0.05, 0) is 79.6 Å². The zero-order valence-electron chi connectivity index (χ0n) is 20.8. The Hall–Kier alpha value is -3.55. The number of rotatable bonds is 8. The molecule has 3 fully saturated rings. The summed E-state index contributed by atoms with van der Waals surface area (Å²) in [5, 5.41) is 12.4. The molecular weight excluding hydrogens is 466 g/mol. The minimum Gasteiger partial charge on any atom is -0.494 e. The molecule has 0 radical (unpaired) electrons. The van der Waals surface area contributed by atoms with Gasteiger partial charge in [-0.25, -0.2) is 0 Å². The minimum absolute atomic E-state index is 0.0878. The summed E-state index contributed by atoms with van der Waals surface area (Å²) in [5.74, 6) is 1.27. The third-order valence-corrected chi connectivity index (χ3v) is 8.26. The summed E-state index contributed by atoms with van der Waals surface area (Å²) in [6.07, 6.45) is 5.87.